The van der Waals surface area contributed by atoms with Crippen molar-refractivity contribution in [3.8, 4) is 0 Å². The van der Waals surface area contributed by atoms with Gasteiger partial charge in [-0.15, -0.1) is 0 Å². The minimum absolute atomic E-state index is 0.157. The normalized spacial score (nSPS) is 13.9. The van der Waals surface area contributed by atoms with Crippen LogP contribution < -0.4 is 11.3 Å². The first kappa shape index (κ1) is 12.7. The smallest absolute Gasteiger partial charge is 0.0299 e. The van der Waals surface area contributed by atoms with Gasteiger partial charge in [-0.05, 0) is 23.5 Å². The summed E-state index contributed by atoms with van der Waals surface area (Å²) in [6, 6.07) is 8.54. The lowest BCUT2D eigenvalue weighted by Crippen LogP contribution is -2.45. The van der Waals surface area contributed by atoms with Gasteiger partial charge in [0.05, 0.1) is 0 Å². The second kappa shape index (κ2) is 5.10. The van der Waals surface area contributed by atoms with Crippen LogP contribution in [0.2, 0.25) is 0 Å². The molecule has 1 rings (SSSR count). The lowest BCUT2D eigenvalue weighted by molar-refractivity contribution is 0.268. The summed E-state index contributed by atoms with van der Waals surface area (Å²) in [6.45, 7) is 6.57. The van der Waals surface area contributed by atoms with Crippen LogP contribution in [0.15, 0.2) is 28.7 Å². The van der Waals surface area contributed by atoms with E-state index in [0.717, 1.165) is 10.9 Å². The third kappa shape index (κ3) is 3.59. The molecule has 15 heavy (non-hydrogen) atoms. The van der Waals surface area contributed by atoms with Gasteiger partial charge < -0.3 is 0 Å². The largest absolute Gasteiger partial charge is 0.271 e. The van der Waals surface area contributed by atoms with Gasteiger partial charge in [-0.1, -0.05) is 54.9 Å². The van der Waals surface area contributed by atoms with Crippen molar-refractivity contribution in [2.45, 2.75) is 33.2 Å². The molecule has 0 fully saturated rings. The first-order chi connectivity index (χ1) is 6.95. The van der Waals surface area contributed by atoms with Gasteiger partial charge in [0, 0.05) is 10.5 Å². The van der Waals surface area contributed by atoms with Crippen LogP contribution >= 0.6 is 15.9 Å². The third-order valence-corrected chi connectivity index (χ3v) is 3.40. The van der Waals surface area contributed by atoms with Gasteiger partial charge in [0.15, 0.2) is 0 Å². The fraction of sp³-hybridized carbons (Fsp3) is 0.500. The number of nitrogens with one attached hydrogen (secondary N) is 1. The van der Waals surface area contributed by atoms with E-state index >= 15 is 0 Å². The molecule has 0 radical (unpaired) electrons. The second-order valence-corrected chi connectivity index (χ2v) is 5.74. The van der Waals surface area contributed by atoms with Crippen molar-refractivity contribution in [1.29, 1.82) is 0 Å². The van der Waals surface area contributed by atoms with Gasteiger partial charge in [0.2, 0.25) is 0 Å². The van der Waals surface area contributed by atoms with Crippen LogP contribution in [0.25, 0.3) is 0 Å². The second-order valence-electron chi connectivity index (χ2n) is 4.88. The molecule has 0 heterocycles. The summed E-state index contributed by atoms with van der Waals surface area (Å²) in [7, 11) is 0. The first-order valence-corrected chi connectivity index (χ1v) is 5.94. The molecule has 3 heteroatoms. The summed E-state index contributed by atoms with van der Waals surface area (Å²) in [5, 5.41) is 0. The Morgan fingerprint density at radius 2 is 1.93 bits per heavy atom. The molecule has 84 valence electrons. The molecule has 0 aliphatic carbocycles. The molecule has 1 unspecified atom stereocenters. The highest BCUT2D eigenvalue weighted by atomic mass is 79.9. The summed E-state index contributed by atoms with van der Waals surface area (Å²) in [5.41, 5.74) is 4.34. The van der Waals surface area contributed by atoms with E-state index in [1.807, 2.05) is 6.07 Å². The highest BCUT2D eigenvalue weighted by molar-refractivity contribution is 9.10. The lowest BCUT2D eigenvalue weighted by atomic mass is 9.83. The van der Waals surface area contributed by atoms with Gasteiger partial charge in [0.25, 0.3) is 0 Å². The zero-order chi connectivity index (χ0) is 11.5. The number of rotatable bonds is 3. The molecule has 2 nitrogen and oxygen atoms in total. The van der Waals surface area contributed by atoms with Crippen LogP contribution in [0, 0.1) is 5.41 Å². The predicted molar refractivity (Wildman–Crippen MR) is 68.4 cm³/mol. The Balaban J connectivity index is 2.80. The minimum atomic E-state index is 0.157. The van der Waals surface area contributed by atoms with Gasteiger partial charge in [-0.3, -0.25) is 11.3 Å². The van der Waals surface area contributed by atoms with E-state index in [4.69, 9.17) is 5.84 Å². The Morgan fingerprint density at radius 3 is 2.40 bits per heavy atom. The summed E-state index contributed by atoms with van der Waals surface area (Å²) in [4.78, 5) is 0. The van der Waals surface area contributed by atoms with Gasteiger partial charge in [-0.2, -0.15) is 0 Å². The standard InChI is InChI=1S/C12H19BrN2/c1-12(2,3)11(15-14)8-9-6-4-5-7-10(9)13/h4-7,11,15H,8,14H2,1-3H3. The predicted octanol–water partition coefficient (Wildman–Crippen LogP) is 2.87. The third-order valence-electron chi connectivity index (χ3n) is 2.63. The van der Waals surface area contributed by atoms with Crippen LogP contribution in [0.5, 0.6) is 0 Å². The van der Waals surface area contributed by atoms with Crippen LogP contribution in [-0.4, -0.2) is 6.04 Å². The van der Waals surface area contributed by atoms with E-state index in [-0.39, 0.29) is 11.5 Å². The molecule has 0 aliphatic heterocycles. The van der Waals surface area contributed by atoms with Gasteiger partial charge in [0.1, 0.15) is 0 Å². The number of hydrogen-bond donors (Lipinski definition) is 2. The summed E-state index contributed by atoms with van der Waals surface area (Å²) in [6.07, 6.45) is 0.932. The Bertz CT molecular complexity index is 318. The fourth-order valence-corrected chi connectivity index (χ4v) is 1.95. The highest BCUT2D eigenvalue weighted by Crippen LogP contribution is 2.25. The van der Waals surface area contributed by atoms with Crippen molar-refractivity contribution in [3.63, 3.8) is 0 Å². The summed E-state index contributed by atoms with van der Waals surface area (Å²) in [5.74, 6) is 5.59. The molecule has 0 aromatic heterocycles. The summed E-state index contributed by atoms with van der Waals surface area (Å²) >= 11 is 3.55. The molecule has 0 bridgehead atoms. The van der Waals surface area contributed by atoms with Gasteiger partial charge >= 0.3 is 0 Å². The van der Waals surface area contributed by atoms with Crippen molar-refractivity contribution in [3.05, 3.63) is 34.3 Å². The SMILES string of the molecule is CC(C)(C)C(Cc1ccccc1Br)NN. The van der Waals surface area contributed by atoms with E-state index in [1.165, 1.54) is 5.56 Å². The van der Waals surface area contributed by atoms with Crippen molar-refractivity contribution >= 4 is 15.9 Å². The zero-order valence-electron chi connectivity index (χ0n) is 9.55. The number of hydrogen-bond acceptors (Lipinski definition) is 2. The van der Waals surface area contributed by atoms with Crippen molar-refractivity contribution in [2.24, 2.45) is 11.3 Å². The quantitative estimate of drug-likeness (QED) is 0.655. The Morgan fingerprint density at radius 1 is 1.33 bits per heavy atom. The van der Waals surface area contributed by atoms with E-state index in [2.05, 4.69) is 60.3 Å². The highest BCUT2D eigenvalue weighted by Gasteiger charge is 2.23. The van der Waals surface area contributed by atoms with Crippen molar-refractivity contribution in [1.82, 2.24) is 5.43 Å². The monoisotopic (exact) mass is 270 g/mol. The molecule has 1 atom stereocenters. The van der Waals surface area contributed by atoms with Crippen LogP contribution in [-0.2, 0) is 6.42 Å². The first-order valence-electron chi connectivity index (χ1n) is 5.14. The molecule has 0 saturated carbocycles. The zero-order valence-corrected chi connectivity index (χ0v) is 11.1. The van der Waals surface area contributed by atoms with Crippen LogP contribution in [0.4, 0.5) is 0 Å². The number of hydrazine groups is 1. The maximum absolute atomic E-state index is 5.59. The van der Waals surface area contributed by atoms with E-state index in [0.29, 0.717) is 0 Å². The average Bonchev–Trinajstić information content (AvgIpc) is 2.14. The minimum Gasteiger partial charge on any atom is -0.271 e. The Labute approximate surface area is 100 Å². The molecule has 3 N–H and O–H groups in total. The molecule has 0 amide bonds. The number of benzene rings is 1. The van der Waals surface area contributed by atoms with E-state index < -0.39 is 0 Å². The fourth-order valence-electron chi connectivity index (χ4n) is 1.50. The Hall–Kier alpha value is -0.380. The average molecular weight is 271 g/mol. The lowest BCUT2D eigenvalue weighted by Gasteiger charge is -2.30. The molecule has 0 spiro atoms. The molecule has 0 aliphatic rings. The molecular formula is C12H19BrN2. The maximum Gasteiger partial charge on any atom is 0.0299 e. The van der Waals surface area contributed by atoms with E-state index in [9.17, 15) is 0 Å². The molecular weight excluding hydrogens is 252 g/mol. The number of nitrogens with two attached hydrogens (primary N) is 1. The van der Waals surface area contributed by atoms with Crippen molar-refractivity contribution in [2.75, 3.05) is 0 Å². The molecule has 0 saturated heterocycles. The Kier molecular flexibility index (Phi) is 4.32. The van der Waals surface area contributed by atoms with Gasteiger partial charge in [-0.25, -0.2) is 0 Å². The maximum atomic E-state index is 5.59. The van der Waals surface area contributed by atoms with Crippen molar-refractivity contribution < 1.29 is 0 Å². The molecule has 1 aromatic rings. The van der Waals surface area contributed by atoms with Crippen LogP contribution in [0.3, 0.4) is 0 Å². The topological polar surface area (TPSA) is 38.0 Å². The van der Waals surface area contributed by atoms with Crippen LogP contribution in [0.1, 0.15) is 26.3 Å². The van der Waals surface area contributed by atoms with E-state index in [1.54, 1.807) is 0 Å². The molecule has 1 aromatic carbocycles. The summed E-state index contributed by atoms with van der Waals surface area (Å²) < 4.78 is 1.15. The number of halogens is 1.